The van der Waals surface area contributed by atoms with E-state index >= 15 is 0 Å². The summed E-state index contributed by atoms with van der Waals surface area (Å²) in [5, 5.41) is 12.8. The Labute approximate surface area is 168 Å². The summed E-state index contributed by atoms with van der Waals surface area (Å²) >= 11 is 7.55. The Morgan fingerprint density at radius 1 is 1.19 bits per heavy atom. The summed E-state index contributed by atoms with van der Waals surface area (Å²) in [6.07, 6.45) is 0. The fraction of sp³-hybridized carbons (Fsp3) is 0.250. The lowest BCUT2D eigenvalue weighted by Crippen LogP contribution is -2.28. The Kier molecular flexibility index (Phi) is 6.19. The van der Waals surface area contributed by atoms with Gasteiger partial charge in [0.15, 0.2) is 11.0 Å². The van der Waals surface area contributed by atoms with E-state index in [1.807, 2.05) is 74.0 Å². The maximum absolute atomic E-state index is 12.3. The van der Waals surface area contributed by atoms with E-state index in [1.54, 1.807) is 0 Å². The number of thioether (sulfide) groups is 1. The minimum atomic E-state index is -0.158. The molecule has 0 bridgehead atoms. The van der Waals surface area contributed by atoms with Crippen LogP contribution in [0.5, 0.6) is 0 Å². The molecule has 7 heteroatoms. The van der Waals surface area contributed by atoms with E-state index in [0.717, 1.165) is 17.0 Å². The summed E-state index contributed by atoms with van der Waals surface area (Å²) in [5.74, 6) is 0.962. The Balaban J connectivity index is 1.61. The highest BCUT2D eigenvalue weighted by Gasteiger charge is 2.15. The van der Waals surface area contributed by atoms with Crippen LogP contribution in [0.25, 0.3) is 11.4 Å². The third kappa shape index (κ3) is 4.70. The van der Waals surface area contributed by atoms with Crippen LogP contribution in [0, 0.1) is 6.92 Å². The highest BCUT2D eigenvalue weighted by atomic mass is 35.5. The number of aromatic nitrogens is 3. The van der Waals surface area contributed by atoms with E-state index in [1.165, 1.54) is 17.3 Å². The molecular formula is C20H21ClN4OS. The lowest BCUT2D eigenvalue weighted by atomic mass is 10.1. The predicted molar refractivity (Wildman–Crippen MR) is 110 cm³/mol. The van der Waals surface area contributed by atoms with Gasteiger partial charge in [-0.1, -0.05) is 71.4 Å². The van der Waals surface area contributed by atoms with Crippen molar-refractivity contribution in [3.63, 3.8) is 0 Å². The second-order valence-corrected chi connectivity index (χ2v) is 7.68. The van der Waals surface area contributed by atoms with Crippen molar-refractivity contribution in [1.82, 2.24) is 20.1 Å². The molecule has 1 unspecified atom stereocenters. The first kappa shape index (κ1) is 19.5. The summed E-state index contributed by atoms with van der Waals surface area (Å²) in [5.41, 5.74) is 3.09. The van der Waals surface area contributed by atoms with E-state index in [0.29, 0.717) is 10.2 Å². The van der Waals surface area contributed by atoms with Crippen molar-refractivity contribution in [3.05, 3.63) is 64.7 Å². The monoisotopic (exact) mass is 400 g/mol. The largest absolute Gasteiger partial charge is 0.349 e. The van der Waals surface area contributed by atoms with Crippen LogP contribution < -0.4 is 5.32 Å². The molecule has 1 atom stereocenters. The minimum absolute atomic E-state index is 0.0766. The van der Waals surface area contributed by atoms with Gasteiger partial charge in [0.05, 0.1) is 11.8 Å². The number of amides is 1. The number of nitrogens with one attached hydrogen (secondary N) is 1. The van der Waals surface area contributed by atoms with Gasteiger partial charge in [0, 0.05) is 17.6 Å². The first-order chi connectivity index (χ1) is 13.0. The topological polar surface area (TPSA) is 59.8 Å². The van der Waals surface area contributed by atoms with Gasteiger partial charge in [-0.15, -0.1) is 10.2 Å². The molecule has 2 aromatic carbocycles. The molecule has 3 rings (SSSR count). The maximum atomic E-state index is 12.3. The molecule has 0 spiro atoms. The van der Waals surface area contributed by atoms with Crippen LogP contribution in [0.2, 0.25) is 5.02 Å². The molecule has 3 aromatic rings. The van der Waals surface area contributed by atoms with Gasteiger partial charge in [0.2, 0.25) is 5.91 Å². The van der Waals surface area contributed by atoms with Crippen LogP contribution in [0.15, 0.2) is 53.7 Å². The second kappa shape index (κ2) is 8.59. The zero-order valence-electron chi connectivity index (χ0n) is 15.4. The Morgan fingerprint density at radius 2 is 1.89 bits per heavy atom. The van der Waals surface area contributed by atoms with E-state index in [4.69, 9.17) is 11.6 Å². The molecule has 0 saturated heterocycles. The molecule has 0 aliphatic rings. The maximum Gasteiger partial charge on any atom is 0.230 e. The van der Waals surface area contributed by atoms with Gasteiger partial charge < -0.3 is 9.88 Å². The SMILES string of the molecule is Cc1ccc(-c2nnc(SCC(=O)NC(C)c3ccccc3Cl)n2C)cc1. The zero-order chi connectivity index (χ0) is 19.4. The van der Waals surface area contributed by atoms with Crippen molar-refractivity contribution in [3.8, 4) is 11.4 Å². The molecule has 5 nitrogen and oxygen atoms in total. The average Bonchev–Trinajstić information content (AvgIpc) is 3.01. The number of carbonyl (C=O) groups is 1. The fourth-order valence-corrected chi connectivity index (χ4v) is 3.73. The van der Waals surface area contributed by atoms with Crippen molar-refractivity contribution in [2.24, 2.45) is 7.05 Å². The second-order valence-electron chi connectivity index (χ2n) is 6.33. The van der Waals surface area contributed by atoms with E-state index < -0.39 is 0 Å². The van der Waals surface area contributed by atoms with Crippen molar-refractivity contribution in [2.45, 2.75) is 25.0 Å². The molecule has 140 valence electrons. The summed E-state index contributed by atoms with van der Waals surface area (Å²) in [4.78, 5) is 12.3. The predicted octanol–water partition coefficient (Wildman–Crippen LogP) is 4.41. The third-order valence-corrected chi connectivity index (χ3v) is 5.59. The molecule has 27 heavy (non-hydrogen) atoms. The first-order valence-electron chi connectivity index (χ1n) is 8.58. The molecule has 0 radical (unpaired) electrons. The number of nitrogens with zero attached hydrogens (tertiary/aromatic N) is 3. The Bertz CT molecular complexity index is 939. The molecule has 0 aliphatic carbocycles. The van der Waals surface area contributed by atoms with Crippen molar-refractivity contribution in [2.75, 3.05) is 5.75 Å². The van der Waals surface area contributed by atoms with Crippen molar-refractivity contribution < 1.29 is 4.79 Å². The van der Waals surface area contributed by atoms with Crippen LogP contribution >= 0.6 is 23.4 Å². The van der Waals surface area contributed by atoms with Gasteiger partial charge >= 0.3 is 0 Å². The normalized spacial score (nSPS) is 12.0. The lowest BCUT2D eigenvalue weighted by Gasteiger charge is -2.15. The minimum Gasteiger partial charge on any atom is -0.349 e. The van der Waals surface area contributed by atoms with Crippen LogP contribution in [-0.2, 0) is 11.8 Å². The van der Waals surface area contributed by atoms with E-state index in [2.05, 4.69) is 15.5 Å². The van der Waals surface area contributed by atoms with Crippen molar-refractivity contribution >= 4 is 29.3 Å². The number of hydrogen-bond acceptors (Lipinski definition) is 4. The van der Waals surface area contributed by atoms with Crippen LogP contribution in [0.1, 0.15) is 24.1 Å². The number of carbonyl (C=O) groups excluding carboxylic acids is 1. The zero-order valence-corrected chi connectivity index (χ0v) is 17.0. The van der Waals surface area contributed by atoms with E-state index in [-0.39, 0.29) is 17.7 Å². The number of halogens is 1. The van der Waals surface area contributed by atoms with Gasteiger partial charge in [0.25, 0.3) is 0 Å². The number of rotatable bonds is 6. The molecular weight excluding hydrogens is 380 g/mol. The summed E-state index contributed by atoms with van der Waals surface area (Å²) in [6, 6.07) is 15.5. The summed E-state index contributed by atoms with van der Waals surface area (Å²) in [6.45, 7) is 3.96. The molecule has 1 amide bonds. The molecule has 1 N–H and O–H groups in total. The highest BCUT2D eigenvalue weighted by Crippen LogP contribution is 2.24. The molecule has 1 aromatic heterocycles. The number of benzene rings is 2. The number of aryl methyl sites for hydroxylation is 1. The quantitative estimate of drug-likeness (QED) is 0.622. The van der Waals surface area contributed by atoms with Gasteiger partial charge in [-0.2, -0.15) is 0 Å². The summed E-state index contributed by atoms with van der Waals surface area (Å²) in [7, 11) is 1.90. The standard InChI is InChI=1S/C20H21ClN4OS/c1-13-8-10-15(11-9-13)19-23-24-20(25(19)3)27-12-18(26)22-14(2)16-6-4-5-7-17(16)21/h4-11,14H,12H2,1-3H3,(H,22,26). The van der Waals surface area contributed by atoms with E-state index in [9.17, 15) is 4.79 Å². The Hall–Kier alpha value is -2.31. The fourth-order valence-electron chi connectivity index (χ4n) is 2.71. The molecule has 0 fully saturated rings. The number of hydrogen-bond donors (Lipinski definition) is 1. The van der Waals surface area contributed by atoms with Crippen LogP contribution in [0.3, 0.4) is 0 Å². The third-order valence-electron chi connectivity index (χ3n) is 4.23. The smallest absolute Gasteiger partial charge is 0.230 e. The van der Waals surface area contributed by atoms with Crippen LogP contribution in [0.4, 0.5) is 0 Å². The molecule has 0 saturated carbocycles. The van der Waals surface area contributed by atoms with Crippen LogP contribution in [-0.4, -0.2) is 26.4 Å². The summed E-state index contributed by atoms with van der Waals surface area (Å²) < 4.78 is 1.90. The molecule has 1 heterocycles. The lowest BCUT2D eigenvalue weighted by molar-refractivity contribution is -0.119. The first-order valence-corrected chi connectivity index (χ1v) is 9.95. The van der Waals surface area contributed by atoms with Gasteiger partial charge in [-0.25, -0.2) is 0 Å². The van der Waals surface area contributed by atoms with Crippen molar-refractivity contribution in [1.29, 1.82) is 0 Å². The van der Waals surface area contributed by atoms with Gasteiger partial charge in [-0.05, 0) is 25.5 Å². The molecule has 0 aliphatic heterocycles. The van der Waals surface area contributed by atoms with Gasteiger partial charge in [-0.3, -0.25) is 4.79 Å². The highest BCUT2D eigenvalue weighted by molar-refractivity contribution is 7.99. The van der Waals surface area contributed by atoms with Gasteiger partial charge in [0.1, 0.15) is 0 Å². The Morgan fingerprint density at radius 3 is 2.59 bits per heavy atom. The average molecular weight is 401 g/mol.